The topological polar surface area (TPSA) is 84.9 Å². The maximum absolute atomic E-state index is 11.1. The molecule has 5 aromatic heterocycles. The minimum atomic E-state index is -0.609. The van der Waals surface area contributed by atoms with Crippen molar-refractivity contribution in [1.29, 1.82) is 0 Å². The predicted octanol–water partition coefficient (Wildman–Crippen LogP) is 12.3. The maximum atomic E-state index is 11.1. The van der Waals surface area contributed by atoms with Gasteiger partial charge in [0.25, 0.3) is 0 Å². The number of phenols is 1. The summed E-state index contributed by atoms with van der Waals surface area (Å²) >= 11 is 0. The zero-order valence-corrected chi connectivity index (χ0v) is 36.7. The van der Waals surface area contributed by atoms with Crippen molar-refractivity contribution in [1.82, 2.24) is 19.9 Å². The Morgan fingerprint density at radius 2 is 1.29 bits per heavy atom. The number of hydrogen-bond donors (Lipinski definition) is 1. The summed E-state index contributed by atoms with van der Waals surface area (Å²) in [7, 11) is 0. The number of para-hydroxylation sites is 1. The summed E-state index contributed by atoms with van der Waals surface area (Å²) in [5.74, 6) is 0.842. The van der Waals surface area contributed by atoms with Crippen molar-refractivity contribution >= 4 is 22.1 Å². The number of aromatic nitrogens is 4. The number of aromatic hydroxyl groups is 1. The third kappa shape index (κ3) is 6.70. The van der Waals surface area contributed by atoms with Crippen LogP contribution < -0.4 is 0 Å². The first-order valence-electron chi connectivity index (χ1n) is 20.7. The number of pyridine rings is 4. The van der Waals surface area contributed by atoms with Crippen LogP contribution in [0.4, 0.5) is 0 Å². The van der Waals surface area contributed by atoms with E-state index in [1.54, 1.807) is 6.07 Å². The van der Waals surface area contributed by atoms with Gasteiger partial charge in [-0.05, 0) is 138 Å². The Bertz CT molecular complexity index is 2880. The van der Waals surface area contributed by atoms with Crippen molar-refractivity contribution in [2.75, 3.05) is 0 Å². The van der Waals surface area contributed by atoms with E-state index in [2.05, 4.69) is 108 Å². The van der Waals surface area contributed by atoms with E-state index in [4.69, 9.17) is 24.4 Å². The summed E-state index contributed by atoms with van der Waals surface area (Å²) in [5.41, 5.74) is 16.1. The number of nitrogens with zero attached hydrogens (tertiary/aromatic N) is 4. The second-order valence-corrected chi connectivity index (χ2v) is 17.9. The minimum absolute atomic E-state index is 0. The standard InChI is InChI=1S/C52H48N4O2.Pt/c1-30(2)36-16-11-17-37(31(3)4)49(36)34-22-42(38-15-9-10-19-45(38)57)55-48(23-34)51(5,6)47-20-12-18-41(54-47)43-24-46-40(29-53-43)39-21-35-27-52(28-44(35)56-50(39)58-46)25-32-13-7-8-14-33(32)26-52;/h7-24,29-31,57H,25-28H2,1-6H3;. The molecule has 0 saturated heterocycles. The molecule has 0 saturated carbocycles. The van der Waals surface area contributed by atoms with Gasteiger partial charge in [0.1, 0.15) is 11.3 Å². The summed E-state index contributed by atoms with van der Waals surface area (Å²) in [6.07, 6.45) is 6.16. The molecule has 0 unspecified atom stereocenters. The van der Waals surface area contributed by atoms with Gasteiger partial charge in [-0.15, -0.1) is 0 Å². The van der Waals surface area contributed by atoms with E-state index in [1.807, 2.05) is 42.6 Å². The van der Waals surface area contributed by atoms with Crippen molar-refractivity contribution < 1.29 is 30.6 Å². The first-order valence-corrected chi connectivity index (χ1v) is 20.7. The van der Waals surface area contributed by atoms with E-state index in [0.29, 0.717) is 23.1 Å². The van der Waals surface area contributed by atoms with Crippen LogP contribution in [0.3, 0.4) is 0 Å². The first-order chi connectivity index (χ1) is 28.0. The van der Waals surface area contributed by atoms with Crippen LogP contribution in [0.25, 0.3) is 55.8 Å². The van der Waals surface area contributed by atoms with Gasteiger partial charge in [0, 0.05) is 60.8 Å². The summed E-state index contributed by atoms with van der Waals surface area (Å²) < 4.78 is 6.48. The van der Waals surface area contributed by atoms with Gasteiger partial charge in [-0.1, -0.05) is 88.4 Å². The van der Waals surface area contributed by atoms with Gasteiger partial charge in [0.2, 0.25) is 5.71 Å². The van der Waals surface area contributed by atoms with Gasteiger partial charge in [-0.2, -0.15) is 0 Å². The van der Waals surface area contributed by atoms with Gasteiger partial charge >= 0.3 is 0 Å². The number of phenolic OH excluding ortho intramolecular Hbond substituents is 1. The molecular weight excluding hydrogens is 908 g/mol. The third-order valence-electron chi connectivity index (χ3n) is 12.8. The summed E-state index contributed by atoms with van der Waals surface area (Å²) in [6.45, 7) is 13.3. The molecule has 0 aliphatic heterocycles. The smallest absolute Gasteiger partial charge is 0.227 e. The molecule has 1 N–H and O–H groups in total. The fourth-order valence-corrected chi connectivity index (χ4v) is 9.73. The van der Waals surface area contributed by atoms with Crippen LogP contribution in [-0.4, -0.2) is 25.0 Å². The van der Waals surface area contributed by atoms with E-state index in [9.17, 15) is 5.11 Å². The Hall–Kier alpha value is -5.45. The van der Waals surface area contributed by atoms with Gasteiger partial charge in [-0.3, -0.25) is 15.0 Å². The molecule has 3 aromatic carbocycles. The summed E-state index contributed by atoms with van der Waals surface area (Å²) in [4.78, 5) is 20.6. The Labute approximate surface area is 360 Å². The molecule has 8 aromatic rings. The molecule has 0 atom stereocenters. The Morgan fingerprint density at radius 3 is 2.00 bits per heavy atom. The van der Waals surface area contributed by atoms with Crippen LogP contribution >= 0.6 is 0 Å². The van der Waals surface area contributed by atoms with Crippen molar-refractivity contribution in [3.63, 3.8) is 0 Å². The third-order valence-corrected chi connectivity index (χ3v) is 12.8. The van der Waals surface area contributed by atoms with Crippen molar-refractivity contribution in [3.05, 3.63) is 160 Å². The first kappa shape index (κ1) is 39.0. The number of hydrogen-bond acceptors (Lipinski definition) is 6. The molecular formula is C52H48N4O2Pt. The average molecular weight is 956 g/mol. The van der Waals surface area contributed by atoms with E-state index < -0.39 is 5.41 Å². The number of rotatable bonds is 7. The van der Waals surface area contributed by atoms with Gasteiger partial charge in [0.05, 0.1) is 28.5 Å². The molecule has 7 heteroatoms. The van der Waals surface area contributed by atoms with Crippen LogP contribution in [-0.2, 0) is 52.2 Å². The Morgan fingerprint density at radius 1 is 0.627 bits per heavy atom. The predicted molar refractivity (Wildman–Crippen MR) is 233 cm³/mol. The van der Waals surface area contributed by atoms with Crippen LogP contribution in [0.1, 0.15) is 98.3 Å². The molecule has 0 radical (unpaired) electrons. The molecule has 10 rings (SSSR count). The van der Waals surface area contributed by atoms with E-state index in [-0.39, 0.29) is 32.2 Å². The molecule has 5 heterocycles. The Balaban J connectivity index is 0.00000449. The van der Waals surface area contributed by atoms with Crippen LogP contribution in [0.2, 0.25) is 0 Å². The second kappa shape index (κ2) is 14.7. The van der Waals surface area contributed by atoms with E-state index in [0.717, 1.165) is 76.1 Å². The minimum Gasteiger partial charge on any atom is -0.507 e. The zero-order chi connectivity index (χ0) is 39.9. The summed E-state index contributed by atoms with van der Waals surface area (Å²) in [6, 6.07) is 37.8. The van der Waals surface area contributed by atoms with Gasteiger partial charge in [0.15, 0.2) is 0 Å². The average Bonchev–Trinajstić information content (AvgIpc) is 3.89. The number of benzene rings is 3. The van der Waals surface area contributed by atoms with E-state index in [1.165, 1.54) is 39.1 Å². The van der Waals surface area contributed by atoms with Crippen LogP contribution in [0.5, 0.6) is 5.75 Å². The number of furan rings is 1. The largest absolute Gasteiger partial charge is 0.507 e. The fourth-order valence-electron chi connectivity index (χ4n) is 9.73. The van der Waals surface area contributed by atoms with Gasteiger partial charge in [-0.25, -0.2) is 4.98 Å². The normalized spacial score (nSPS) is 14.4. The fraction of sp³-hybridized carbons (Fsp3) is 0.269. The zero-order valence-electron chi connectivity index (χ0n) is 34.4. The SMILES string of the molecule is CC(C)c1cccc(C(C)C)c1-c1cc(-c2ccccc2O)nc(C(C)(C)c2cccc(-c3cc4oc5nc6c(cc5c4cn3)CC3(Cc4ccccc4C3)C6)n2)c1.[Pt]. The van der Waals surface area contributed by atoms with Crippen molar-refractivity contribution in [2.45, 2.75) is 84.5 Å². The maximum Gasteiger partial charge on any atom is 0.227 e. The quantitative estimate of drug-likeness (QED) is 0.171. The van der Waals surface area contributed by atoms with Crippen LogP contribution in [0.15, 0.2) is 120 Å². The van der Waals surface area contributed by atoms with Gasteiger partial charge < -0.3 is 9.52 Å². The molecule has 2 aliphatic carbocycles. The van der Waals surface area contributed by atoms with E-state index >= 15 is 0 Å². The molecule has 6 nitrogen and oxygen atoms in total. The molecule has 0 amide bonds. The second-order valence-electron chi connectivity index (χ2n) is 17.9. The molecule has 0 fully saturated rings. The van der Waals surface area contributed by atoms with Crippen molar-refractivity contribution in [3.8, 4) is 39.5 Å². The summed E-state index contributed by atoms with van der Waals surface area (Å²) in [5, 5.41) is 13.0. The molecule has 2 aliphatic rings. The van der Waals surface area contributed by atoms with Crippen LogP contribution in [0, 0.1) is 5.41 Å². The molecule has 59 heavy (non-hydrogen) atoms. The molecule has 298 valence electrons. The monoisotopic (exact) mass is 955 g/mol. The van der Waals surface area contributed by atoms with Crippen molar-refractivity contribution in [2.24, 2.45) is 5.41 Å². The Kier molecular flexibility index (Phi) is 9.71. The molecule has 1 spiro atoms. The molecule has 0 bridgehead atoms. The number of fused-ring (bicyclic) bond motifs is 5.